The molecular formula is C18H13BrN4O2. The van der Waals surface area contributed by atoms with E-state index in [0.717, 1.165) is 10.2 Å². The molecule has 0 fully saturated rings. The number of aromatic nitrogens is 1. The van der Waals surface area contributed by atoms with Gasteiger partial charge in [0.25, 0.3) is 5.91 Å². The molecule has 2 aromatic carbocycles. The van der Waals surface area contributed by atoms with E-state index in [9.17, 15) is 10.1 Å². The number of rotatable bonds is 4. The van der Waals surface area contributed by atoms with Crippen LogP contribution in [0.2, 0.25) is 0 Å². The average molecular weight is 397 g/mol. The molecule has 0 aliphatic rings. The Labute approximate surface area is 152 Å². The first-order valence-corrected chi connectivity index (χ1v) is 8.07. The van der Waals surface area contributed by atoms with E-state index in [-0.39, 0.29) is 16.9 Å². The van der Waals surface area contributed by atoms with Crippen LogP contribution in [0.1, 0.15) is 15.9 Å². The molecule has 0 aliphatic heterocycles. The van der Waals surface area contributed by atoms with E-state index in [1.165, 1.54) is 0 Å². The maximum Gasteiger partial charge on any atom is 0.250 e. The Morgan fingerprint density at radius 3 is 2.76 bits per heavy atom. The minimum Gasteiger partial charge on any atom is -0.497 e. The topological polar surface area (TPSA) is 101 Å². The number of carbonyl (C=O) groups is 1. The monoisotopic (exact) mass is 396 g/mol. The molecular weight excluding hydrogens is 384 g/mol. The highest BCUT2D eigenvalue weighted by Crippen LogP contribution is 2.30. The molecule has 0 atom stereocenters. The molecule has 3 rings (SSSR count). The van der Waals surface area contributed by atoms with E-state index in [4.69, 9.17) is 10.5 Å². The predicted octanol–water partition coefficient (Wildman–Crippen LogP) is 3.72. The SMILES string of the molecule is COc1ccc2c(C(N)=O)c(C#N)c(Nc3cccc(Br)c3)nc2c1. The lowest BCUT2D eigenvalue weighted by molar-refractivity contribution is 0.100. The van der Waals surface area contributed by atoms with Crippen molar-refractivity contribution in [2.75, 3.05) is 12.4 Å². The van der Waals surface area contributed by atoms with Gasteiger partial charge in [0.05, 0.1) is 18.2 Å². The second kappa shape index (κ2) is 6.79. The van der Waals surface area contributed by atoms with E-state index in [1.54, 1.807) is 25.3 Å². The van der Waals surface area contributed by atoms with E-state index < -0.39 is 5.91 Å². The number of amides is 1. The van der Waals surface area contributed by atoms with Gasteiger partial charge in [0.2, 0.25) is 0 Å². The third-order valence-corrected chi connectivity index (χ3v) is 4.13. The number of ether oxygens (including phenoxy) is 1. The van der Waals surface area contributed by atoms with Crippen molar-refractivity contribution in [3.63, 3.8) is 0 Å². The maximum atomic E-state index is 12.0. The number of hydrogen-bond donors (Lipinski definition) is 2. The number of pyridine rings is 1. The lowest BCUT2D eigenvalue weighted by atomic mass is 10.0. The predicted molar refractivity (Wildman–Crippen MR) is 99.0 cm³/mol. The van der Waals surface area contributed by atoms with E-state index in [1.807, 2.05) is 30.3 Å². The number of benzene rings is 2. The highest BCUT2D eigenvalue weighted by molar-refractivity contribution is 9.10. The number of nitriles is 1. The highest BCUT2D eigenvalue weighted by atomic mass is 79.9. The lowest BCUT2D eigenvalue weighted by Gasteiger charge is -2.13. The van der Waals surface area contributed by atoms with Gasteiger partial charge < -0.3 is 15.8 Å². The Kier molecular flexibility index (Phi) is 4.55. The number of fused-ring (bicyclic) bond motifs is 1. The molecule has 0 unspecified atom stereocenters. The summed E-state index contributed by atoms with van der Waals surface area (Å²) >= 11 is 3.39. The zero-order valence-electron chi connectivity index (χ0n) is 13.2. The van der Waals surface area contributed by atoms with Crippen molar-refractivity contribution in [1.29, 1.82) is 5.26 Å². The molecule has 3 N–H and O–H groups in total. The second-order valence-electron chi connectivity index (χ2n) is 5.20. The first-order valence-electron chi connectivity index (χ1n) is 7.27. The van der Waals surface area contributed by atoms with Crippen LogP contribution >= 0.6 is 15.9 Å². The maximum absolute atomic E-state index is 12.0. The minimum atomic E-state index is -0.689. The fourth-order valence-electron chi connectivity index (χ4n) is 2.53. The third-order valence-electron chi connectivity index (χ3n) is 3.64. The van der Waals surface area contributed by atoms with Crippen LogP contribution in [0.4, 0.5) is 11.5 Å². The lowest BCUT2D eigenvalue weighted by Crippen LogP contribution is -2.15. The number of halogens is 1. The van der Waals surface area contributed by atoms with Crippen molar-refractivity contribution in [3.05, 3.63) is 58.1 Å². The molecule has 0 saturated carbocycles. The number of anilines is 2. The van der Waals surface area contributed by atoms with Crippen molar-refractivity contribution in [2.45, 2.75) is 0 Å². The first-order chi connectivity index (χ1) is 12.0. The molecule has 25 heavy (non-hydrogen) atoms. The zero-order chi connectivity index (χ0) is 18.0. The summed E-state index contributed by atoms with van der Waals surface area (Å²) in [4.78, 5) is 16.5. The van der Waals surface area contributed by atoms with Gasteiger partial charge in [-0.25, -0.2) is 4.98 Å². The molecule has 1 amide bonds. The zero-order valence-corrected chi connectivity index (χ0v) is 14.8. The first kappa shape index (κ1) is 16.7. The van der Waals surface area contributed by atoms with Crippen molar-refractivity contribution in [3.8, 4) is 11.8 Å². The standard InChI is InChI=1S/C18H13BrN4O2/c1-25-12-5-6-13-15(8-12)23-18(14(9-20)16(13)17(21)24)22-11-4-2-3-10(19)7-11/h2-8H,1H3,(H2,21,24)(H,22,23). The van der Waals surface area contributed by atoms with Gasteiger partial charge in [-0.3, -0.25) is 4.79 Å². The highest BCUT2D eigenvalue weighted by Gasteiger charge is 2.19. The fraction of sp³-hybridized carbons (Fsp3) is 0.0556. The minimum absolute atomic E-state index is 0.102. The summed E-state index contributed by atoms with van der Waals surface area (Å²) in [7, 11) is 1.54. The summed E-state index contributed by atoms with van der Waals surface area (Å²) < 4.78 is 6.07. The van der Waals surface area contributed by atoms with Gasteiger partial charge in [0, 0.05) is 21.6 Å². The molecule has 0 bridgehead atoms. The van der Waals surface area contributed by atoms with Crippen molar-refractivity contribution in [1.82, 2.24) is 4.98 Å². The summed E-state index contributed by atoms with van der Waals surface area (Å²) in [6, 6.07) is 14.5. The Hall–Kier alpha value is -3.11. The molecule has 124 valence electrons. The number of hydrogen-bond acceptors (Lipinski definition) is 5. The molecule has 3 aromatic rings. The van der Waals surface area contributed by atoms with Crippen molar-refractivity contribution < 1.29 is 9.53 Å². The number of primary amides is 1. The third kappa shape index (κ3) is 3.25. The van der Waals surface area contributed by atoms with E-state index >= 15 is 0 Å². The van der Waals surface area contributed by atoms with Gasteiger partial charge in [-0.15, -0.1) is 0 Å². The summed E-state index contributed by atoms with van der Waals surface area (Å²) in [6.45, 7) is 0. The van der Waals surface area contributed by atoms with E-state index in [0.29, 0.717) is 16.7 Å². The molecule has 0 spiro atoms. The van der Waals surface area contributed by atoms with Gasteiger partial charge >= 0.3 is 0 Å². The van der Waals surface area contributed by atoms with Crippen LogP contribution in [-0.2, 0) is 0 Å². The summed E-state index contributed by atoms with van der Waals surface area (Å²) in [6.07, 6.45) is 0. The van der Waals surface area contributed by atoms with Crippen LogP contribution in [0.15, 0.2) is 46.9 Å². The number of nitrogens with two attached hydrogens (primary N) is 1. The Morgan fingerprint density at radius 1 is 1.32 bits per heavy atom. The van der Waals surface area contributed by atoms with Crippen molar-refractivity contribution >= 4 is 44.2 Å². The summed E-state index contributed by atoms with van der Waals surface area (Å²) in [5, 5.41) is 13.2. The summed E-state index contributed by atoms with van der Waals surface area (Å²) in [5.74, 6) is 0.162. The molecule has 1 aromatic heterocycles. The smallest absolute Gasteiger partial charge is 0.250 e. The fourth-order valence-corrected chi connectivity index (χ4v) is 2.93. The molecule has 6 nitrogen and oxygen atoms in total. The number of methoxy groups -OCH3 is 1. The number of carbonyl (C=O) groups excluding carboxylic acids is 1. The molecule has 0 saturated heterocycles. The van der Waals surface area contributed by atoms with E-state index in [2.05, 4.69) is 26.2 Å². The van der Waals surface area contributed by atoms with Crippen LogP contribution in [0.3, 0.4) is 0 Å². The van der Waals surface area contributed by atoms with Crippen molar-refractivity contribution in [2.24, 2.45) is 5.73 Å². The van der Waals surface area contributed by atoms with Gasteiger partial charge in [-0.2, -0.15) is 5.26 Å². The quantitative estimate of drug-likeness (QED) is 0.699. The molecule has 7 heteroatoms. The van der Waals surface area contributed by atoms with Gasteiger partial charge in [0.1, 0.15) is 23.2 Å². The van der Waals surface area contributed by atoms with Crippen LogP contribution in [0.5, 0.6) is 5.75 Å². The van der Waals surface area contributed by atoms with Gasteiger partial charge in [0.15, 0.2) is 0 Å². The average Bonchev–Trinajstić information content (AvgIpc) is 2.59. The Morgan fingerprint density at radius 2 is 2.12 bits per heavy atom. The van der Waals surface area contributed by atoms with Crippen LogP contribution in [0, 0.1) is 11.3 Å². The second-order valence-corrected chi connectivity index (χ2v) is 6.12. The Balaban J connectivity index is 2.26. The van der Waals surface area contributed by atoms with Crippen LogP contribution < -0.4 is 15.8 Å². The largest absolute Gasteiger partial charge is 0.497 e. The Bertz CT molecular complexity index is 1030. The van der Waals surface area contributed by atoms with Gasteiger partial charge in [-0.1, -0.05) is 22.0 Å². The number of nitrogens with zero attached hydrogens (tertiary/aromatic N) is 2. The molecule has 0 radical (unpaired) electrons. The van der Waals surface area contributed by atoms with Crippen LogP contribution in [0.25, 0.3) is 10.9 Å². The summed E-state index contributed by atoms with van der Waals surface area (Å²) in [5.41, 5.74) is 6.99. The normalized spacial score (nSPS) is 10.3. The van der Waals surface area contributed by atoms with Gasteiger partial charge in [-0.05, 0) is 30.3 Å². The molecule has 0 aliphatic carbocycles. The molecule has 1 heterocycles. The van der Waals surface area contributed by atoms with Crippen LogP contribution in [-0.4, -0.2) is 18.0 Å². The number of nitrogens with one attached hydrogen (secondary N) is 1.